The molecule has 8 nitrogen and oxygen atoms in total. The molecule has 1 fully saturated rings. The number of sulfonamides is 1. The van der Waals surface area contributed by atoms with Gasteiger partial charge in [0.1, 0.15) is 5.75 Å². The van der Waals surface area contributed by atoms with Crippen LogP contribution >= 0.6 is 0 Å². The van der Waals surface area contributed by atoms with Gasteiger partial charge in [0.2, 0.25) is 10.0 Å². The van der Waals surface area contributed by atoms with E-state index in [9.17, 15) is 13.2 Å². The number of likely N-dealkylation sites (N-methyl/N-ethyl adjacent to an activating group) is 1. The second-order valence-corrected chi connectivity index (χ2v) is 10.5. The van der Waals surface area contributed by atoms with Gasteiger partial charge in [-0.25, -0.2) is 13.2 Å². The number of methoxy groups -OCH3 is 1. The van der Waals surface area contributed by atoms with Crippen molar-refractivity contribution in [2.75, 3.05) is 53.9 Å². The molecule has 3 rings (SSSR count). The van der Waals surface area contributed by atoms with E-state index in [0.29, 0.717) is 24.5 Å². The summed E-state index contributed by atoms with van der Waals surface area (Å²) in [6.45, 7) is 5.39. The molecule has 0 spiro atoms. The highest BCUT2D eigenvalue weighted by molar-refractivity contribution is 7.89. The smallest absolute Gasteiger partial charge is 0.317 e. The van der Waals surface area contributed by atoms with Gasteiger partial charge in [-0.05, 0) is 62.8 Å². The molecule has 2 aromatic carbocycles. The average Bonchev–Trinajstić information content (AvgIpc) is 2.80. The number of hydrogen-bond donors (Lipinski definition) is 1. The number of piperazine rings is 1. The topological polar surface area (TPSA) is 82.2 Å². The zero-order valence-electron chi connectivity index (χ0n) is 20.0. The van der Waals surface area contributed by atoms with Crippen molar-refractivity contribution in [1.29, 1.82) is 0 Å². The molecule has 0 radical (unpaired) electrons. The lowest BCUT2D eigenvalue weighted by Gasteiger charge is -2.35. The van der Waals surface area contributed by atoms with E-state index < -0.39 is 10.0 Å². The Labute approximate surface area is 197 Å². The van der Waals surface area contributed by atoms with E-state index in [0.717, 1.165) is 22.4 Å². The number of carbonyl (C=O) groups excluding carboxylic acids is 1. The second-order valence-electron chi connectivity index (χ2n) is 8.60. The van der Waals surface area contributed by atoms with E-state index in [1.807, 2.05) is 57.4 Å². The first-order valence-electron chi connectivity index (χ1n) is 11.0. The van der Waals surface area contributed by atoms with Gasteiger partial charge in [-0.2, -0.15) is 4.31 Å². The Morgan fingerprint density at radius 3 is 2.27 bits per heavy atom. The number of hydrogen-bond acceptors (Lipinski definition) is 5. The van der Waals surface area contributed by atoms with Crippen LogP contribution in [0.25, 0.3) is 0 Å². The summed E-state index contributed by atoms with van der Waals surface area (Å²) in [5, 5.41) is 3.01. The quantitative estimate of drug-likeness (QED) is 0.667. The maximum absolute atomic E-state index is 13.1. The average molecular weight is 475 g/mol. The molecule has 1 N–H and O–H groups in total. The van der Waals surface area contributed by atoms with E-state index in [4.69, 9.17) is 4.74 Å². The Hall–Kier alpha value is -2.62. The molecular weight excluding hydrogens is 440 g/mol. The summed E-state index contributed by atoms with van der Waals surface area (Å²) < 4.78 is 32.9. The number of carbonyl (C=O) groups is 1. The number of benzene rings is 2. The second kappa shape index (κ2) is 10.5. The van der Waals surface area contributed by atoms with Crippen molar-refractivity contribution in [1.82, 2.24) is 19.4 Å². The molecule has 9 heteroatoms. The van der Waals surface area contributed by atoms with Gasteiger partial charge < -0.3 is 19.9 Å². The van der Waals surface area contributed by atoms with Crippen LogP contribution in [0.5, 0.6) is 5.75 Å². The van der Waals surface area contributed by atoms with Gasteiger partial charge in [-0.15, -0.1) is 0 Å². The van der Waals surface area contributed by atoms with E-state index in [-0.39, 0.29) is 25.2 Å². The molecule has 0 saturated carbocycles. The van der Waals surface area contributed by atoms with Crippen LogP contribution in [0.4, 0.5) is 4.79 Å². The molecule has 0 aliphatic carbocycles. The van der Waals surface area contributed by atoms with E-state index in [1.54, 1.807) is 25.0 Å². The number of amides is 2. The van der Waals surface area contributed by atoms with Crippen LogP contribution in [0.3, 0.4) is 0 Å². The first kappa shape index (κ1) is 25.0. The van der Waals surface area contributed by atoms with Crippen LogP contribution in [0, 0.1) is 13.8 Å². The van der Waals surface area contributed by atoms with E-state index in [2.05, 4.69) is 10.2 Å². The van der Waals surface area contributed by atoms with Crippen molar-refractivity contribution in [2.45, 2.75) is 24.8 Å². The van der Waals surface area contributed by atoms with E-state index in [1.165, 1.54) is 4.31 Å². The molecular formula is C24H34N4O4S. The van der Waals surface area contributed by atoms with Crippen molar-refractivity contribution in [2.24, 2.45) is 0 Å². The number of urea groups is 1. The van der Waals surface area contributed by atoms with Crippen molar-refractivity contribution in [3.05, 3.63) is 59.2 Å². The fourth-order valence-corrected chi connectivity index (χ4v) is 5.71. The molecule has 0 aromatic heterocycles. The monoisotopic (exact) mass is 474 g/mol. The first-order valence-corrected chi connectivity index (χ1v) is 12.5. The van der Waals surface area contributed by atoms with Crippen molar-refractivity contribution in [3.63, 3.8) is 0 Å². The van der Waals surface area contributed by atoms with Crippen LogP contribution in [0.1, 0.15) is 22.7 Å². The summed E-state index contributed by atoms with van der Waals surface area (Å²) in [4.78, 5) is 16.9. The Morgan fingerprint density at radius 1 is 1.06 bits per heavy atom. The van der Waals surface area contributed by atoms with Crippen LogP contribution in [0.15, 0.2) is 47.4 Å². The molecule has 2 amide bonds. The third-order valence-corrected chi connectivity index (χ3v) is 8.10. The maximum Gasteiger partial charge on any atom is 0.317 e. The highest BCUT2D eigenvalue weighted by Gasteiger charge is 2.31. The van der Waals surface area contributed by atoms with Crippen molar-refractivity contribution >= 4 is 16.1 Å². The molecule has 1 heterocycles. The van der Waals surface area contributed by atoms with Crippen LogP contribution < -0.4 is 10.1 Å². The van der Waals surface area contributed by atoms with Crippen molar-refractivity contribution < 1.29 is 17.9 Å². The lowest BCUT2D eigenvalue weighted by molar-refractivity contribution is 0.168. The predicted octanol–water partition coefficient (Wildman–Crippen LogP) is 2.63. The minimum Gasteiger partial charge on any atom is -0.497 e. The highest BCUT2D eigenvalue weighted by atomic mass is 32.2. The molecule has 33 heavy (non-hydrogen) atoms. The SMILES string of the molecule is COc1ccc([C@@H](CNC(=O)N2CCN(S(=O)(=O)c3cc(C)ccc3C)CC2)N(C)C)cc1. The Bertz CT molecular complexity index is 1060. The summed E-state index contributed by atoms with van der Waals surface area (Å²) in [6.07, 6.45) is 0. The minimum atomic E-state index is -3.59. The van der Waals surface area contributed by atoms with Crippen LogP contribution in [-0.2, 0) is 10.0 Å². The van der Waals surface area contributed by atoms with E-state index >= 15 is 0 Å². The fraction of sp³-hybridized carbons (Fsp3) is 0.458. The van der Waals surface area contributed by atoms with Gasteiger partial charge in [0, 0.05) is 32.7 Å². The Balaban J connectivity index is 1.59. The minimum absolute atomic E-state index is 0.00539. The molecule has 1 aliphatic rings. The number of nitrogens with zero attached hydrogens (tertiary/aromatic N) is 3. The van der Waals surface area contributed by atoms with Gasteiger partial charge in [-0.1, -0.05) is 24.3 Å². The zero-order valence-corrected chi connectivity index (χ0v) is 20.9. The lowest BCUT2D eigenvalue weighted by atomic mass is 10.1. The third kappa shape index (κ3) is 5.85. The molecule has 0 bridgehead atoms. The van der Waals surface area contributed by atoms with Crippen LogP contribution in [-0.4, -0.2) is 82.5 Å². The summed E-state index contributed by atoms with van der Waals surface area (Å²) in [7, 11) is 1.99. The van der Waals surface area contributed by atoms with Gasteiger partial charge in [0.25, 0.3) is 0 Å². The number of rotatable bonds is 7. The molecule has 0 unspecified atom stereocenters. The summed E-state index contributed by atoms with van der Waals surface area (Å²) >= 11 is 0. The number of nitrogens with one attached hydrogen (secondary N) is 1. The van der Waals surface area contributed by atoms with Gasteiger partial charge in [0.15, 0.2) is 0 Å². The summed E-state index contributed by atoms with van der Waals surface area (Å²) in [6, 6.07) is 13.1. The Kier molecular flexibility index (Phi) is 7.99. The van der Waals surface area contributed by atoms with Gasteiger partial charge in [0.05, 0.1) is 18.0 Å². The number of ether oxygens (including phenoxy) is 1. The summed E-state index contributed by atoms with van der Waals surface area (Å²) in [5.74, 6) is 0.786. The molecule has 1 saturated heterocycles. The largest absolute Gasteiger partial charge is 0.497 e. The standard InChI is InChI=1S/C24H34N4O4S/c1-18-6-7-19(2)23(16-18)33(30,31)28-14-12-27(13-15-28)24(29)25-17-22(26(3)4)20-8-10-21(32-5)11-9-20/h6-11,16,22H,12-15,17H2,1-5H3,(H,25,29)/t22-/m1/s1. The normalized spacial score (nSPS) is 16.0. The molecule has 2 aromatic rings. The van der Waals surface area contributed by atoms with Crippen molar-refractivity contribution in [3.8, 4) is 5.75 Å². The molecule has 1 atom stereocenters. The lowest BCUT2D eigenvalue weighted by Crippen LogP contribution is -2.53. The molecule has 1 aliphatic heterocycles. The number of aryl methyl sites for hydroxylation is 2. The predicted molar refractivity (Wildman–Crippen MR) is 129 cm³/mol. The van der Waals surface area contributed by atoms with Gasteiger partial charge >= 0.3 is 6.03 Å². The third-order valence-electron chi connectivity index (χ3n) is 6.06. The Morgan fingerprint density at radius 2 is 1.70 bits per heavy atom. The fourth-order valence-electron chi connectivity index (χ4n) is 3.98. The maximum atomic E-state index is 13.1. The van der Waals surface area contributed by atoms with Crippen LogP contribution in [0.2, 0.25) is 0 Å². The van der Waals surface area contributed by atoms with Gasteiger partial charge in [-0.3, -0.25) is 0 Å². The first-order chi connectivity index (χ1) is 15.6. The molecule has 180 valence electrons. The highest BCUT2D eigenvalue weighted by Crippen LogP contribution is 2.23. The zero-order chi connectivity index (χ0) is 24.2. The summed E-state index contributed by atoms with van der Waals surface area (Å²) in [5.41, 5.74) is 2.71.